The molecule has 74 valence electrons. The maximum absolute atomic E-state index is 11.3. The second-order valence-electron chi connectivity index (χ2n) is 3.29. The molecule has 0 unspecified atom stereocenters. The number of nitrogens with zero attached hydrogens (tertiary/aromatic N) is 1. The van der Waals surface area contributed by atoms with Gasteiger partial charge < -0.3 is 4.74 Å². The minimum atomic E-state index is -0.207. The van der Waals surface area contributed by atoms with Crippen molar-refractivity contribution >= 4 is 6.09 Å². The zero-order chi connectivity index (χ0) is 9.97. The van der Waals surface area contributed by atoms with Crippen molar-refractivity contribution in [3.8, 4) is 0 Å². The predicted molar refractivity (Wildman–Crippen MR) is 52.9 cm³/mol. The Balaban J connectivity index is 2.23. The molecule has 0 radical (unpaired) electrons. The van der Waals surface area contributed by atoms with Crippen molar-refractivity contribution in [2.24, 2.45) is 0 Å². The van der Waals surface area contributed by atoms with Crippen LogP contribution in [0, 0.1) is 0 Å². The summed E-state index contributed by atoms with van der Waals surface area (Å²) in [5.41, 5.74) is 1.14. The molecular weight excluding hydrogens is 178 g/mol. The van der Waals surface area contributed by atoms with Crippen LogP contribution in [0.1, 0.15) is 18.5 Å². The average Bonchev–Trinajstić information content (AvgIpc) is 2.61. The summed E-state index contributed by atoms with van der Waals surface area (Å²) in [5, 5.41) is 0. The van der Waals surface area contributed by atoms with Gasteiger partial charge in [0.15, 0.2) is 0 Å². The molecule has 1 saturated heterocycles. The zero-order valence-electron chi connectivity index (χ0n) is 8.14. The summed E-state index contributed by atoms with van der Waals surface area (Å²) in [7, 11) is 0. The Bertz CT molecular complexity index is 323. The third kappa shape index (κ3) is 1.45. The maximum atomic E-state index is 11.3. The van der Waals surface area contributed by atoms with E-state index in [2.05, 4.69) is 0 Å². The van der Waals surface area contributed by atoms with Gasteiger partial charge in [-0.15, -0.1) is 0 Å². The Morgan fingerprint density at radius 1 is 1.43 bits per heavy atom. The second-order valence-corrected chi connectivity index (χ2v) is 3.29. The Morgan fingerprint density at radius 3 is 2.79 bits per heavy atom. The van der Waals surface area contributed by atoms with Gasteiger partial charge in [0.25, 0.3) is 0 Å². The minimum absolute atomic E-state index is 0.0914. The standard InChI is InChI=1S/C11H13NO2/c1-2-12-10(8-14-11(12)13)9-6-4-3-5-7-9/h3-7,10H,2,8H2,1H3/t10-/m1/s1. The number of amides is 1. The van der Waals surface area contributed by atoms with Crippen molar-refractivity contribution in [2.45, 2.75) is 13.0 Å². The van der Waals surface area contributed by atoms with E-state index < -0.39 is 0 Å². The highest BCUT2D eigenvalue weighted by atomic mass is 16.6. The molecule has 1 aromatic rings. The number of rotatable bonds is 2. The number of carbonyl (C=O) groups is 1. The summed E-state index contributed by atoms with van der Waals surface area (Å²) < 4.78 is 5.01. The van der Waals surface area contributed by atoms with Crippen LogP contribution in [0.2, 0.25) is 0 Å². The largest absolute Gasteiger partial charge is 0.447 e. The molecular formula is C11H13NO2. The lowest BCUT2D eigenvalue weighted by atomic mass is 10.1. The summed E-state index contributed by atoms with van der Waals surface area (Å²) in [6, 6.07) is 10.1. The molecule has 3 heteroatoms. The first-order chi connectivity index (χ1) is 6.83. The van der Waals surface area contributed by atoms with Gasteiger partial charge in [-0.2, -0.15) is 0 Å². The Kier molecular flexibility index (Phi) is 2.39. The first-order valence-corrected chi connectivity index (χ1v) is 4.81. The fraction of sp³-hybridized carbons (Fsp3) is 0.364. The van der Waals surface area contributed by atoms with Gasteiger partial charge >= 0.3 is 6.09 Å². The van der Waals surface area contributed by atoms with Crippen molar-refractivity contribution in [3.63, 3.8) is 0 Å². The lowest BCUT2D eigenvalue weighted by Crippen LogP contribution is -2.27. The molecule has 1 heterocycles. The van der Waals surface area contributed by atoms with Crippen LogP contribution in [0.25, 0.3) is 0 Å². The van der Waals surface area contributed by atoms with E-state index >= 15 is 0 Å². The number of hydrogen-bond donors (Lipinski definition) is 0. The molecule has 2 rings (SSSR count). The molecule has 14 heavy (non-hydrogen) atoms. The second kappa shape index (κ2) is 3.70. The summed E-state index contributed by atoms with van der Waals surface area (Å²) in [6.07, 6.45) is -0.207. The van der Waals surface area contributed by atoms with Gasteiger partial charge in [0.1, 0.15) is 6.61 Å². The molecule has 0 aromatic heterocycles. The molecule has 1 fully saturated rings. The molecule has 0 bridgehead atoms. The Morgan fingerprint density at radius 2 is 2.14 bits per heavy atom. The Labute approximate surface area is 83.3 Å². The molecule has 1 atom stereocenters. The lowest BCUT2D eigenvalue weighted by Gasteiger charge is -2.19. The quantitative estimate of drug-likeness (QED) is 0.717. The van der Waals surface area contributed by atoms with Gasteiger partial charge in [-0.3, -0.25) is 4.90 Å². The van der Waals surface area contributed by atoms with Crippen molar-refractivity contribution in [1.29, 1.82) is 0 Å². The van der Waals surface area contributed by atoms with Crippen molar-refractivity contribution in [3.05, 3.63) is 35.9 Å². The molecule has 1 aliphatic rings. The molecule has 0 aliphatic carbocycles. The number of likely N-dealkylation sites (N-methyl/N-ethyl adjacent to an activating group) is 1. The van der Waals surface area contributed by atoms with Crippen LogP contribution in [0.4, 0.5) is 4.79 Å². The van der Waals surface area contributed by atoms with Gasteiger partial charge in [0, 0.05) is 6.54 Å². The summed E-state index contributed by atoms with van der Waals surface area (Å²) in [4.78, 5) is 13.0. The maximum Gasteiger partial charge on any atom is 0.410 e. The summed E-state index contributed by atoms with van der Waals surface area (Å²) >= 11 is 0. The minimum Gasteiger partial charge on any atom is -0.447 e. The number of carbonyl (C=O) groups excluding carboxylic acids is 1. The van der Waals surface area contributed by atoms with E-state index in [0.29, 0.717) is 13.2 Å². The lowest BCUT2D eigenvalue weighted by molar-refractivity contribution is 0.159. The molecule has 0 spiro atoms. The van der Waals surface area contributed by atoms with E-state index in [-0.39, 0.29) is 12.1 Å². The fourth-order valence-corrected chi connectivity index (χ4v) is 1.75. The van der Waals surface area contributed by atoms with Crippen molar-refractivity contribution < 1.29 is 9.53 Å². The average molecular weight is 191 g/mol. The van der Waals surface area contributed by atoms with Gasteiger partial charge in [-0.05, 0) is 12.5 Å². The van der Waals surface area contributed by atoms with E-state index in [4.69, 9.17) is 4.74 Å². The number of cyclic esters (lactones) is 1. The monoisotopic (exact) mass is 191 g/mol. The first kappa shape index (κ1) is 9.06. The van der Waals surface area contributed by atoms with Crippen LogP contribution in [0.5, 0.6) is 0 Å². The van der Waals surface area contributed by atoms with Crippen LogP contribution in [-0.4, -0.2) is 24.1 Å². The molecule has 0 N–H and O–H groups in total. The third-order valence-electron chi connectivity index (χ3n) is 2.50. The normalized spacial score (nSPS) is 21.1. The molecule has 0 saturated carbocycles. The van der Waals surface area contributed by atoms with Gasteiger partial charge in [-0.25, -0.2) is 4.79 Å². The molecule has 1 amide bonds. The highest BCUT2D eigenvalue weighted by Crippen LogP contribution is 2.26. The Hall–Kier alpha value is -1.51. The topological polar surface area (TPSA) is 29.5 Å². The predicted octanol–water partition coefficient (Wildman–Crippen LogP) is 2.20. The van der Waals surface area contributed by atoms with Gasteiger partial charge in [0.05, 0.1) is 6.04 Å². The van der Waals surface area contributed by atoms with Crippen LogP contribution < -0.4 is 0 Å². The van der Waals surface area contributed by atoms with Crippen molar-refractivity contribution in [1.82, 2.24) is 4.90 Å². The van der Waals surface area contributed by atoms with Crippen LogP contribution in [-0.2, 0) is 4.74 Å². The smallest absolute Gasteiger partial charge is 0.410 e. The molecule has 3 nitrogen and oxygen atoms in total. The van der Waals surface area contributed by atoms with Crippen LogP contribution >= 0.6 is 0 Å². The number of hydrogen-bond acceptors (Lipinski definition) is 2. The molecule has 1 aliphatic heterocycles. The third-order valence-corrected chi connectivity index (χ3v) is 2.50. The SMILES string of the molecule is CCN1C(=O)OC[C@@H]1c1ccccc1. The fourth-order valence-electron chi connectivity index (χ4n) is 1.75. The summed E-state index contributed by atoms with van der Waals surface area (Å²) in [5.74, 6) is 0. The van der Waals surface area contributed by atoms with E-state index in [1.165, 1.54) is 0 Å². The van der Waals surface area contributed by atoms with Gasteiger partial charge in [-0.1, -0.05) is 30.3 Å². The number of ether oxygens (including phenoxy) is 1. The zero-order valence-corrected chi connectivity index (χ0v) is 8.14. The first-order valence-electron chi connectivity index (χ1n) is 4.81. The van der Waals surface area contributed by atoms with E-state index in [1.54, 1.807) is 4.90 Å². The number of benzene rings is 1. The highest BCUT2D eigenvalue weighted by molar-refractivity contribution is 5.70. The van der Waals surface area contributed by atoms with Crippen LogP contribution in [0.15, 0.2) is 30.3 Å². The van der Waals surface area contributed by atoms with E-state index in [0.717, 1.165) is 5.56 Å². The highest BCUT2D eigenvalue weighted by Gasteiger charge is 2.32. The van der Waals surface area contributed by atoms with Crippen molar-refractivity contribution in [2.75, 3.05) is 13.2 Å². The van der Waals surface area contributed by atoms with E-state index in [9.17, 15) is 4.79 Å². The van der Waals surface area contributed by atoms with Gasteiger partial charge in [0.2, 0.25) is 0 Å². The van der Waals surface area contributed by atoms with Crippen LogP contribution in [0.3, 0.4) is 0 Å². The van der Waals surface area contributed by atoms with E-state index in [1.807, 2.05) is 37.3 Å². The molecule has 1 aromatic carbocycles. The summed E-state index contributed by atoms with van der Waals surface area (Å²) in [6.45, 7) is 3.12.